The number of nitrogens with one attached hydrogen (secondary N) is 1. The fourth-order valence-corrected chi connectivity index (χ4v) is 2.45. The second-order valence-electron chi connectivity index (χ2n) is 5.93. The van der Waals surface area contributed by atoms with Gasteiger partial charge >= 0.3 is 0 Å². The van der Waals surface area contributed by atoms with Crippen molar-refractivity contribution in [2.45, 2.75) is 39.2 Å². The molecule has 2 aliphatic rings. The number of hydrogen-bond donors (Lipinski definition) is 1. The maximum Gasteiger partial charge on any atom is 0.246 e. The molecule has 0 spiro atoms. The van der Waals surface area contributed by atoms with Crippen LogP contribution in [0.2, 0.25) is 0 Å². The second-order valence-corrected chi connectivity index (χ2v) is 5.93. The van der Waals surface area contributed by atoms with E-state index in [-0.39, 0.29) is 24.0 Å². The van der Waals surface area contributed by atoms with Crippen LogP contribution >= 0.6 is 0 Å². The van der Waals surface area contributed by atoms with E-state index in [2.05, 4.69) is 49.5 Å². The Morgan fingerprint density at radius 3 is 2.95 bits per heavy atom. The Kier molecular flexibility index (Phi) is 4.59. The van der Waals surface area contributed by atoms with Gasteiger partial charge in [0.05, 0.1) is 6.10 Å². The molecule has 0 aromatic heterocycles. The standard InChI is InChI=1S/C16H23NO2/c1-16(2,14-11-17-15(18)12-19-14)10-9-13-7-5-3-4-6-8-13/h3-7,14H,8-12H2,1-2H3,(H,17,18). The molecule has 3 heteroatoms. The van der Waals surface area contributed by atoms with Crippen molar-refractivity contribution in [3.05, 3.63) is 36.0 Å². The van der Waals surface area contributed by atoms with Crippen LogP contribution in [0.25, 0.3) is 0 Å². The van der Waals surface area contributed by atoms with Gasteiger partial charge in [-0.1, -0.05) is 49.8 Å². The van der Waals surface area contributed by atoms with Crippen LogP contribution in [0.5, 0.6) is 0 Å². The van der Waals surface area contributed by atoms with Crippen molar-refractivity contribution < 1.29 is 9.53 Å². The molecule has 0 aromatic rings. The van der Waals surface area contributed by atoms with E-state index in [0.717, 1.165) is 19.3 Å². The van der Waals surface area contributed by atoms with Crippen molar-refractivity contribution in [1.82, 2.24) is 5.32 Å². The third-order valence-corrected chi connectivity index (χ3v) is 3.93. The predicted molar refractivity (Wildman–Crippen MR) is 76.7 cm³/mol. The highest BCUT2D eigenvalue weighted by atomic mass is 16.5. The molecule has 3 nitrogen and oxygen atoms in total. The molecule has 1 fully saturated rings. The Morgan fingerprint density at radius 1 is 1.37 bits per heavy atom. The molecule has 1 atom stereocenters. The summed E-state index contributed by atoms with van der Waals surface area (Å²) in [6, 6.07) is 0. The molecule has 1 aliphatic carbocycles. The van der Waals surface area contributed by atoms with Crippen LogP contribution in [0.1, 0.15) is 33.1 Å². The summed E-state index contributed by atoms with van der Waals surface area (Å²) in [5, 5.41) is 2.89. The number of amides is 1. The van der Waals surface area contributed by atoms with Crippen LogP contribution < -0.4 is 5.32 Å². The molecule has 104 valence electrons. The van der Waals surface area contributed by atoms with E-state index in [1.165, 1.54) is 5.57 Å². The van der Waals surface area contributed by atoms with Crippen LogP contribution in [-0.4, -0.2) is 25.2 Å². The van der Waals surface area contributed by atoms with Crippen LogP contribution in [0.4, 0.5) is 0 Å². The number of hydrogen-bond acceptors (Lipinski definition) is 2. The van der Waals surface area contributed by atoms with E-state index in [1.54, 1.807) is 0 Å². The molecule has 0 aromatic carbocycles. The first-order valence-electron chi connectivity index (χ1n) is 6.97. The van der Waals surface area contributed by atoms with Gasteiger partial charge in [-0.3, -0.25) is 4.79 Å². The smallest absolute Gasteiger partial charge is 0.246 e. The Morgan fingerprint density at radius 2 is 2.21 bits per heavy atom. The van der Waals surface area contributed by atoms with E-state index < -0.39 is 0 Å². The molecule has 19 heavy (non-hydrogen) atoms. The molecule has 1 amide bonds. The van der Waals surface area contributed by atoms with E-state index >= 15 is 0 Å². The summed E-state index contributed by atoms with van der Waals surface area (Å²) in [5.41, 5.74) is 1.53. The van der Waals surface area contributed by atoms with Gasteiger partial charge in [0.25, 0.3) is 0 Å². The Bertz CT molecular complexity index is 408. The molecular formula is C16H23NO2. The van der Waals surface area contributed by atoms with Crippen molar-refractivity contribution in [1.29, 1.82) is 0 Å². The SMILES string of the molecule is CC(C)(CCC1=CC=CC=CC1)C1CNC(=O)CO1. The highest BCUT2D eigenvalue weighted by Gasteiger charge is 2.33. The van der Waals surface area contributed by atoms with Crippen molar-refractivity contribution in [3.63, 3.8) is 0 Å². The molecule has 1 heterocycles. The average Bonchev–Trinajstić information content (AvgIpc) is 2.65. The third-order valence-electron chi connectivity index (χ3n) is 3.93. The lowest BCUT2D eigenvalue weighted by molar-refractivity contribution is -0.138. The Labute approximate surface area is 115 Å². The van der Waals surface area contributed by atoms with Crippen LogP contribution in [-0.2, 0) is 9.53 Å². The van der Waals surface area contributed by atoms with E-state index in [1.807, 2.05) is 0 Å². The van der Waals surface area contributed by atoms with Gasteiger partial charge in [0.1, 0.15) is 6.61 Å². The fraction of sp³-hybridized carbons (Fsp3) is 0.562. The van der Waals surface area contributed by atoms with Gasteiger partial charge in [0, 0.05) is 6.54 Å². The Hall–Kier alpha value is -1.35. The molecular weight excluding hydrogens is 238 g/mol. The summed E-state index contributed by atoms with van der Waals surface area (Å²) in [7, 11) is 0. The number of ether oxygens (including phenoxy) is 1. The number of carbonyl (C=O) groups excluding carboxylic acids is 1. The van der Waals surface area contributed by atoms with E-state index in [4.69, 9.17) is 4.74 Å². The highest BCUT2D eigenvalue weighted by molar-refractivity contribution is 5.77. The van der Waals surface area contributed by atoms with Gasteiger partial charge in [0.15, 0.2) is 0 Å². The number of carbonyl (C=O) groups is 1. The minimum Gasteiger partial charge on any atom is -0.366 e. The molecule has 1 aliphatic heterocycles. The van der Waals surface area contributed by atoms with Crippen LogP contribution in [0, 0.1) is 5.41 Å². The molecule has 0 radical (unpaired) electrons. The van der Waals surface area contributed by atoms with Gasteiger partial charge in [-0.05, 0) is 24.7 Å². The lowest BCUT2D eigenvalue weighted by atomic mass is 9.80. The van der Waals surface area contributed by atoms with Gasteiger partial charge in [-0.25, -0.2) is 0 Å². The zero-order valence-electron chi connectivity index (χ0n) is 11.8. The average molecular weight is 261 g/mol. The fourth-order valence-electron chi connectivity index (χ4n) is 2.45. The zero-order valence-corrected chi connectivity index (χ0v) is 11.8. The van der Waals surface area contributed by atoms with Crippen molar-refractivity contribution in [3.8, 4) is 0 Å². The normalized spacial score (nSPS) is 23.8. The number of morpholine rings is 1. The first-order chi connectivity index (χ1) is 9.08. The molecule has 0 saturated carbocycles. The third kappa shape index (κ3) is 4.06. The first-order valence-corrected chi connectivity index (χ1v) is 6.97. The molecule has 1 N–H and O–H groups in total. The lowest BCUT2D eigenvalue weighted by Crippen LogP contribution is -2.49. The van der Waals surface area contributed by atoms with Crippen molar-refractivity contribution in [2.75, 3.05) is 13.2 Å². The lowest BCUT2D eigenvalue weighted by Gasteiger charge is -2.37. The summed E-state index contributed by atoms with van der Waals surface area (Å²) in [6.07, 6.45) is 14.0. The maximum absolute atomic E-state index is 11.1. The summed E-state index contributed by atoms with van der Waals surface area (Å²) in [5.74, 6) is -0.00574. The molecule has 1 unspecified atom stereocenters. The molecule has 0 bridgehead atoms. The molecule has 1 saturated heterocycles. The van der Waals surface area contributed by atoms with E-state index in [0.29, 0.717) is 6.54 Å². The quantitative estimate of drug-likeness (QED) is 0.845. The number of rotatable bonds is 4. The maximum atomic E-state index is 11.1. The Balaban J connectivity index is 1.86. The van der Waals surface area contributed by atoms with Crippen molar-refractivity contribution in [2.24, 2.45) is 5.41 Å². The first kappa shape index (κ1) is 14.1. The monoisotopic (exact) mass is 261 g/mol. The minimum atomic E-state index is -0.00574. The number of allylic oxidation sites excluding steroid dienone is 6. The highest BCUT2D eigenvalue weighted by Crippen LogP contribution is 2.32. The zero-order chi connectivity index (χ0) is 13.7. The second kappa shape index (κ2) is 6.20. The summed E-state index contributed by atoms with van der Waals surface area (Å²) in [6.45, 7) is 5.27. The van der Waals surface area contributed by atoms with Gasteiger partial charge < -0.3 is 10.1 Å². The van der Waals surface area contributed by atoms with Crippen LogP contribution in [0.3, 0.4) is 0 Å². The van der Waals surface area contributed by atoms with Gasteiger partial charge in [-0.15, -0.1) is 0 Å². The molecule has 2 rings (SSSR count). The van der Waals surface area contributed by atoms with Crippen molar-refractivity contribution >= 4 is 5.91 Å². The topological polar surface area (TPSA) is 38.3 Å². The largest absolute Gasteiger partial charge is 0.366 e. The summed E-state index contributed by atoms with van der Waals surface area (Å²) < 4.78 is 5.66. The van der Waals surface area contributed by atoms with Gasteiger partial charge in [-0.2, -0.15) is 0 Å². The van der Waals surface area contributed by atoms with Gasteiger partial charge in [0.2, 0.25) is 5.91 Å². The summed E-state index contributed by atoms with van der Waals surface area (Å²) in [4.78, 5) is 11.1. The predicted octanol–water partition coefficient (Wildman–Crippen LogP) is 2.75. The van der Waals surface area contributed by atoms with Crippen LogP contribution in [0.15, 0.2) is 36.0 Å². The van der Waals surface area contributed by atoms with E-state index in [9.17, 15) is 4.79 Å². The summed E-state index contributed by atoms with van der Waals surface area (Å²) >= 11 is 0. The minimum absolute atomic E-state index is 0.00574.